The van der Waals surface area contributed by atoms with Gasteiger partial charge in [-0.25, -0.2) is 0 Å². The van der Waals surface area contributed by atoms with Gasteiger partial charge < -0.3 is 10.1 Å². The molecule has 1 saturated heterocycles. The Balaban J connectivity index is 1.26. The number of ether oxygens (including phenoxy) is 1. The van der Waals surface area contributed by atoms with Gasteiger partial charge in [0.05, 0.1) is 18.9 Å². The van der Waals surface area contributed by atoms with Crippen LogP contribution in [-0.4, -0.2) is 46.3 Å². The van der Waals surface area contributed by atoms with Gasteiger partial charge in [0.2, 0.25) is 5.91 Å². The first kappa shape index (κ1) is 18.9. The third-order valence-electron chi connectivity index (χ3n) is 6.54. The number of likely N-dealkylation sites (tertiary alicyclic amines) is 1. The molecule has 1 aromatic heterocycles. The van der Waals surface area contributed by atoms with Gasteiger partial charge in [-0.3, -0.25) is 14.4 Å². The van der Waals surface area contributed by atoms with Crippen molar-refractivity contribution in [1.29, 1.82) is 0 Å². The van der Waals surface area contributed by atoms with E-state index in [1.165, 1.54) is 42.6 Å². The van der Waals surface area contributed by atoms with Gasteiger partial charge in [0.25, 0.3) is 0 Å². The second kappa shape index (κ2) is 8.74. The summed E-state index contributed by atoms with van der Waals surface area (Å²) in [5, 5.41) is 8.11. The molecule has 150 valence electrons. The second-order valence-electron chi connectivity index (χ2n) is 8.47. The lowest BCUT2D eigenvalue weighted by atomic mass is 10.0. The molecule has 2 fully saturated rings. The fourth-order valence-electron chi connectivity index (χ4n) is 5.01. The van der Waals surface area contributed by atoms with Gasteiger partial charge in [-0.2, -0.15) is 5.10 Å². The molecule has 6 heteroatoms. The van der Waals surface area contributed by atoms with Gasteiger partial charge in [-0.15, -0.1) is 0 Å². The van der Waals surface area contributed by atoms with E-state index in [4.69, 9.17) is 9.84 Å². The number of hydrogen-bond acceptors (Lipinski definition) is 4. The molecule has 0 spiro atoms. The summed E-state index contributed by atoms with van der Waals surface area (Å²) in [6, 6.07) is 0.293. The summed E-state index contributed by atoms with van der Waals surface area (Å²) in [6.45, 7) is 7.40. The van der Waals surface area contributed by atoms with Crippen molar-refractivity contribution in [1.82, 2.24) is 20.0 Å². The van der Waals surface area contributed by atoms with E-state index in [1.807, 2.05) is 0 Å². The third kappa shape index (κ3) is 4.54. The summed E-state index contributed by atoms with van der Waals surface area (Å²) in [6.07, 6.45) is 9.14. The van der Waals surface area contributed by atoms with Crippen molar-refractivity contribution in [3.63, 3.8) is 0 Å². The maximum Gasteiger partial charge on any atom is 0.220 e. The monoisotopic (exact) mass is 374 g/mol. The topological polar surface area (TPSA) is 59.4 Å². The van der Waals surface area contributed by atoms with Crippen LogP contribution in [-0.2, 0) is 35.6 Å². The van der Waals surface area contributed by atoms with Crippen LogP contribution in [0.25, 0.3) is 0 Å². The summed E-state index contributed by atoms with van der Waals surface area (Å²) in [5.74, 6) is 1.03. The van der Waals surface area contributed by atoms with E-state index in [9.17, 15) is 4.79 Å². The number of carbonyl (C=O) groups excluding carboxylic acids is 1. The first-order valence-electron chi connectivity index (χ1n) is 10.9. The normalized spacial score (nSPS) is 23.7. The summed E-state index contributed by atoms with van der Waals surface area (Å²) < 4.78 is 7.82. The molecule has 1 aromatic rings. The fraction of sp³-hybridized carbons (Fsp3) is 0.810. The maximum absolute atomic E-state index is 12.3. The molecule has 0 radical (unpaired) electrons. The van der Waals surface area contributed by atoms with Crippen LogP contribution in [0.15, 0.2) is 0 Å². The number of nitrogens with zero attached hydrogens (tertiary/aromatic N) is 3. The van der Waals surface area contributed by atoms with E-state index in [1.54, 1.807) is 0 Å². The molecule has 27 heavy (non-hydrogen) atoms. The third-order valence-corrected chi connectivity index (χ3v) is 6.54. The lowest BCUT2D eigenvalue weighted by Crippen LogP contribution is -2.37. The van der Waals surface area contributed by atoms with Gasteiger partial charge in [0.15, 0.2) is 0 Å². The van der Waals surface area contributed by atoms with Gasteiger partial charge in [0.1, 0.15) is 0 Å². The SMILES string of the molecule is CCn1nc(CN2CCC(NC(=O)CCC3CCCC3)C2)c2c1CCOC2. The van der Waals surface area contributed by atoms with Crippen LogP contribution in [0.5, 0.6) is 0 Å². The molecule has 1 amide bonds. The van der Waals surface area contributed by atoms with Crippen molar-refractivity contribution in [3.8, 4) is 0 Å². The van der Waals surface area contributed by atoms with Gasteiger partial charge in [-0.05, 0) is 25.7 Å². The van der Waals surface area contributed by atoms with Crippen molar-refractivity contribution in [2.75, 3.05) is 19.7 Å². The number of fused-ring (bicyclic) bond motifs is 1. The van der Waals surface area contributed by atoms with Crippen LogP contribution < -0.4 is 5.32 Å². The Morgan fingerprint density at radius 2 is 2.15 bits per heavy atom. The highest BCUT2D eigenvalue weighted by atomic mass is 16.5. The molecule has 2 aliphatic heterocycles. The maximum atomic E-state index is 12.3. The van der Waals surface area contributed by atoms with E-state index < -0.39 is 0 Å². The molecule has 1 aliphatic carbocycles. The number of hydrogen-bond donors (Lipinski definition) is 1. The minimum Gasteiger partial charge on any atom is -0.376 e. The van der Waals surface area contributed by atoms with E-state index >= 15 is 0 Å². The zero-order valence-corrected chi connectivity index (χ0v) is 16.7. The second-order valence-corrected chi connectivity index (χ2v) is 8.47. The molecule has 1 atom stereocenters. The summed E-state index contributed by atoms with van der Waals surface area (Å²) in [5.41, 5.74) is 3.82. The average Bonchev–Trinajstić information content (AvgIpc) is 3.41. The lowest BCUT2D eigenvalue weighted by molar-refractivity contribution is -0.122. The predicted molar refractivity (Wildman–Crippen MR) is 104 cm³/mol. The number of carbonyl (C=O) groups is 1. The Labute approximate surface area is 162 Å². The lowest BCUT2D eigenvalue weighted by Gasteiger charge is -2.18. The van der Waals surface area contributed by atoms with Crippen LogP contribution >= 0.6 is 0 Å². The molecule has 1 N–H and O–H groups in total. The Morgan fingerprint density at radius 3 is 2.96 bits per heavy atom. The molecular formula is C21H34N4O2. The number of aromatic nitrogens is 2. The van der Waals surface area contributed by atoms with Gasteiger partial charge >= 0.3 is 0 Å². The number of aryl methyl sites for hydroxylation is 1. The Bertz CT molecular complexity index is 651. The van der Waals surface area contributed by atoms with E-state index in [0.29, 0.717) is 19.1 Å². The zero-order valence-electron chi connectivity index (χ0n) is 16.7. The fourth-order valence-corrected chi connectivity index (χ4v) is 5.01. The van der Waals surface area contributed by atoms with Crippen LogP contribution in [0.2, 0.25) is 0 Å². The Hall–Kier alpha value is -1.40. The predicted octanol–water partition coefficient (Wildman–Crippen LogP) is 2.64. The van der Waals surface area contributed by atoms with Crippen LogP contribution in [0.3, 0.4) is 0 Å². The van der Waals surface area contributed by atoms with Crippen molar-refractivity contribution < 1.29 is 9.53 Å². The highest BCUT2D eigenvalue weighted by molar-refractivity contribution is 5.76. The van der Waals surface area contributed by atoms with Crippen molar-refractivity contribution in [2.24, 2.45) is 5.92 Å². The summed E-state index contributed by atoms with van der Waals surface area (Å²) in [4.78, 5) is 14.7. The minimum atomic E-state index is 0.245. The van der Waals surface area contributed by atoms with Gasteiger partial charge in [0, 0.05) is 56.3 Å². The standard InChI is InChI=1S/C21H34N4O2/c1-2-25-20-10-12-27-15-18(20)19(23-25)14-24-11-9-17(13-24)22-21(26)8-7-16-5-3-4-6-16/h16-17H,2-15H2,1H3,(H,22,26). The highest BCUT2D eigenvalue weighted by Crippen LogP contribution is 2.28. The van der Waals surface area contributed by atoms with Gasteiger partial charge in [-0.1, -0.05) is 25.7 Å². The first-order chi connectivity index (χ1) is 13.2. The summed E-state index contributed by atoms with van der Waals surface area (Å²) >= 11 is 0. The van der Waals surface area contributed by atoms with Crippen molar-refractivity contribution >= 4 is 5.91 Å². The molecule has 4 rings (SSSR count). The van der Waals surface area contributed by atoms with E-state index in [-0.39, 0.29) is 5.91 Å². The molecule has 1 unspecified atom stereocenters. The number of nitrogens with one attached hydrogen (secondary N) is 1. The molecular weight excluding hydrogens is 340 g/mol. The first-order valence-corrected chi connectivity index (χ1v) is 10.9. The van der Waals surface area contributed by atoms with Crippen LogP contribution in [0.1, 0.15) is 68.8 Å². The van der Waals surface area contributed by atoms with Crippen LogP contribution in [0.4, 0.5) is 0 Å². The number of rotatable bonds is 7. The average molecular weight is 375 g/mol. The number of amides is 1. The molecule has 1 saturated carbocycles. The zero-order chi connectivity index (χ0) is 18.6. The summed E-state index contributed by atoms with van der Waals surface area (Å²) in [7, 11) is 0. The Morgan fingerprint density at radius 1 is 1.30 bits per heavy atom. The smallest absolute Gasteiger partial charge is 0.220 e. The van der Waals surface area contributed by atoms with E-state index in [0.717, 1.165) is 58.0 Å². The minimum absolute atomic E-state index is 0.245. The molecule has 3 aliphatic rings. The van der Waals surface area contributed by atoms with E-state index in [2.05, 4.69) is 21.8 Å². The van der Waals surface area contributed by atoms with Crippen molar-refractivity contribution in [2.45, 2.75) is 84.0 Å². The Kier molecular flexibility index (Phi) is 6.13. The molecule has 0 aromatic carbocycles. The molecule has 6 nitrogen and oxygen atoms in total. The van der Waals surface area contributed by atoms with Crippen LogP contribution in [0, 0.1) is 5.92 Å². The molecule has 3 heterocycles. The quantitative estimate of drug-likeness (QED) is 0.797. The molecule has 0 bridgehead atoms. The largest absolute Gasteiger partial charge is 0.376 e. The highest BCUT2D eigenvalue weighted by Gasteiger charge is 2.27. The van der Waals surface area contributed by atoms with Crippen molar-refractivity contribution in [3.05, 3.63) is 17.0 Å².